The van der Waals surface area contributed by atoms with E-state index in [0.717, 1.165) is 5.56 Å². The van der Waals surface area contributed by atoms with Crippen molar-refractivity contribution in [1.82, 2.24) is 10.3 Å². The SMILES string of the molecule is CC(=O)N[C@@H](Cc1cccnc1Br)C(N)=O. The molecule has 3 N–H and O–H groups in total. The number of hydrogen-bond donors (Lipinski definition) is 2. The summed E-state index contributed by atoms with van der Waals surface area (Å²) < 4.78 is 0.645. The molecule has 1 aromatic heterocycles. The zero-order chi connectivity index (χ0) is 12.1. The fourth-order valence-electron chi connectivity index (χ4n) is 1.26. The maximum absolute atomic E-state index is 11.1. The highest BCUT2D eigenvalue weighted by atomic mass is 79.9. The minimum atomic E-state index is -0.710. The van der Waals surface area contributed by atoms with E-state index in [1.165, 1.54) is 6.92 Å². The van der Waals surface area contributed by atoms with Crippen LogP contribution in [0.15, 0.2) is 22.9 Å². The lowest BCUT2D eigenvalue weighted by Gasteiger charge is -2.14. The predicted molar refractivity (Wildman–Crippen MR) is 62.4 cm³/mol. The van der Waals surface area contributed by atoms with E-state index in [-0.39, 0.29) is 5.91 Å². The van der Waals surface area contributed by atoms with Crippen LogP contribution in [0.2, 0.25) is 0 Å². The molecule has 1 atom stereocenters. The normalized spacial score (nSPS) is 11.9. The Bertz CT molecular complexity index is 409. The Morgan fingerprint density at radius 2 is 2.31 bits per heavy atom. The number of carbonyl (C=O) groups is 2. The van der Waals surface area contributed by atoms with E-state index in [1.807, 2.05) is 6.07 Å². The van der Waals surface area contributed by atoms with Gasteiger partial charge in [0.05, 0.1) is 0 Å². The van der Waals surface area contributed by atoms with E-state index >= 15 is 0 Å². The van der Waals surface area contributed by atoms with Gasteiger partial charge in [-0.2, -0.15) is 0 Å². The molecule has 16 heavy (non-hydrogen) atoms. The van der Waals surface area contributed by atoms with E-state index in [4.69, 9.17) is 5.73 Å². The number of amides is 2. The number of primary amides is 1. The van der Waals surface area contributed by atoms with Crippen molar-refractivity contribution in [2.75, 3.05) is 0 Å². The Morgan fingerprint density at radius 3 is 2.81 bits per heavy atom. The quantitative estimate of drug-likeness (QED) is 0.784. The lowest BCUT2D eigenvalue weighted by Crippen LogP contribution is -2.45. The Hall–Kier alpha value is -1.43. The number of halogens is 1. The Labute approximate surface area is 102 Å². The van der Waals surface area contributed by atoms with Crippen molar-refractivity contribution in [3.8, 4) is 0 Å². The van der Waals surface area contributed by atoms with Crippen LogP contribution in [-0.4, -0.2) is 22.8 Å². The zero-order valence-electron chi connectivity index (χ0n) is 8.74. The molecule has 0 aliphatic carbocycles. The molecule has 0 fully saturated rings. The van der Waals surface area contributed by atoms with Crippen LogP contribution in [0.1, 0.15) is 12.5 Å². The second-order valence-corrected chi connectivity index (χ2v) is 4.06. The first-order valence-electron chi connectivity index (χ1n) is 4.66. The van der Waals surface area contributed by atoms with E-state index in [2.05, 4.69) is 26.2 Å². The van der Waals surface area contributed by atoms with Crippen LogP contribution in [0, 0.1) is 0 Å². The number of rotatable bonds is 4. The summed E-state index contributed by atoms with van der Waals surface area (Å²) in [5, 5.41) is 2.49. The summed E-state index contributed by atoms with van der Waals surface area (Å²) in [6, 6.07) is 2.86. The van der Waals surface area contributed by atoms with Gasteiger partial charge in [0.1, 0.15) is 10.6 Å². The lowest BCUT2D eigenvalue weighted by molar-refractivity contribution is -0.126. The van der Waals surface area contributed by atoms with Gasteiger partial charge < -0.3 is 11.1 Å². The van der Waals surface area contributed by atoms with Crippen LogP contribution in [0.25, 0.3) is 0 Å². The van der Waals surface area contributed by atoms with Crippen molar-refractivity contribution < 1.29 is 9.59 Å². The fraction of sp³-hybridized carbons (Fsp3) is 0.300. The molecule has 1 aromatic rings. The predicted octanol–water partition coefficient (Wildman–Crippen LogP) is 0.377. The molecule has 86 valence electrons. The molecule has 1 rings (SSSR count). The molecular weight excluding hydrogens is 274 g/mol. The van der Waals surface area contributed by atoms with Crippen molar-refractivity contribution in [2.24, 2.45) is 5.73 Å². The van der Waals surface area contributed by atoms with Crippen LogP contribution >= 0.6 is 15.9 Å². The van der Waals surface area contributed by atoms with Gasteiger partial charge >= 0.3 is 0 Å². The minimum absolute atomic E-state index is 0.288. The van der Waals surface area contributed by atoms with Crippen LogP contribution < -0.4 is 11.1 Å². The Morgan fingerprint density at radius 1 is 1.62 bits per heavy atom. The van der Waals surface area contributed by atoms with Gasteiger partial charge in [0, 0.05) is 19.5 Å². The Balaban J connectivity index is 2.80. The third kappa shape index (κ3) is 3.62. The number of nitrogens with two attached hydrogens (primary N) is 1. The van der Waals surface area contributed by atoms with Gasteiger partial charge in [-0.05, 0) is 27.6 Å². The van der Waals surface area contributed by atoms with Crippen LogP contribution in [0.4, 0.5) is 0 Å². The topological polar surface area (TPSA) is 85.1 Å². The fourth-order valence-corrected chi connectivity index (χ4v) is 1.67. The van der Waals surface area contributed by atoms with Gasteiger partial charge in [-0.25, -0.2) is 4.98 Å². The number of nitrogens with zero attached hydrogens (tertiary/aromatic N) is 1. The molecule has 6 heteroatoms. The first kappa shape index (κ1) is 12.6. The van der Waals surface area contributed by atoms with Crippen molar-refractivity contribution in [3.63, 3.8) is 0 Å². The number of aromatic nitrogens is 1. The summed E-state index contributed by atoms with van der Waals surface area (Å²) in [6.45, 7) is 1.34. The standard InChI is InChI=1S/C10H12BrN3O2/c1-6(15)14-8(10(12)16)5-7-3-2-4-13-9(7)11/h2-4,8H,5H2,1H3,(H2,12,16)(H,14,15)/t8-/m0/s1. The third-order valence-electron chi connectivity index (χ3n) is 1.98. The maximum atomic E-state index is 11.1. The highest BCUT2D eigenvalue weighted by Gasteiger charge is 2.18. The van der Waals surface area contributed by atoms with Gasteiger partial charge in [0.25, 0.3) is 0 Å². The van der Waals surface area contributed by atoms with Gasteiger partial charge in [-0.3, -0.25) is 9.59 Å². The van der Waals surface area contributed by atoms with Gasteiger partial charge in [-0.1, -0.05) is 6.07 Å². The molecule has 0 unspecified atom stereocenters. The molecule has 5 nitrogen and oxygen atoms in total. The second-order valence-electron chi connectivity index (χ2n) is 3.31. The van der Waals surface area contributed by atoms with Crippen LogP contribution in [-0.2, 0) is 16.0 Å². The molecule has 0 aromatic carbocycles. The summed E-state index contributed by atoms with van der Waals surface area (Å²) in [4.78, 5) is 26.0. The van der Waals surface area contributed by atoms with Crippen molar-refractivity contribution in [3.05, 3.63) is 28.5 Å². The van der Waals surface area contributed by atoms with E-state index in [9.17, 15) is 9.59 Å². The molecule has 2 amide bonds. The summed E-state index contributed by atoms with van der Waals surface area (Å²) in [5.41, 5.74) is 6.01. The monoisotopic (exact) mass is 285 g/mol. The zero-order valence-corrected chi connectivity index (χ0v) is 10.3. The Kier molecular flexibility index (Phi) is 4.42. The molecule has 0 saturated heterocycles. The van der Waals surface area contributed by atoms with E-state index in [0.29, 0.717) is 11.0 Å². The van der Waals surface area contributed by atoms with Gasteiger partial charge in [-0.15, -0.1) is 0 Å². The molecule has 0 aliphatic heterocycles. The number of carbonyl (C=O) groups excluding carboxylic acids is 2. The lowest BCUT2D eigenvalue weighted by atomic mass is 10.1. The highest BCUT2D eigenvalue weighted by molar-refractivity contribution is 9.10. The summed E-state index contributed by atoms with van der Waals surface area (Å²) >= 11 is 3.26. The molecule has 0 spiro atoms. The van der Waals surface area contributed by atoms with Gasteiger partial charge in [0.15, 0.2) is 0 Å². The van der Waals surface area contributed by atoms with Gasteiger partial charge in [0.2, 0.25) is 11.8 Å². The van der Waals surface area contributed by atoms with Crippen LogP contribution in [0.5, 0.6) is 0 Å². The molecular formula is C10H12BrN3O2. The summed E-state index contributed by atoms with van der Waals surface area (Å²) in [6.07, 6.45) is 1.95. The van der Waals surface area contributed by atoms with Crippen molar-refractivity contribution in [1.29, 1.82) is 0 Å². The second kappa shape index (κ2) is 5.60. The summed E-state index contributed by atoms with van der Waals surface area (Å²) in [5.74, 6) is -0.852. The number of pyridine rings is 1. The molecule has 1 heterocycles. The third-order valence-corrected chi connectivity index (χ3v) is 2.70. The molecule has 0 bridgehead atoms. The first-order valence-corrected chi connectivity index (χ1v) is 5.46. The average molecular weight is 286 g/mol. The van der Waals surface area contributed by atoms with Crippen molar-refractivity contribution >= 4 is 27.7 Å². The smallest absolute Gasteiger partial charge is 0.240 e. The van der Waals surface area contributed by atoms with E-state index in [1.54, 1.807) is 12.3 Å². The summed E-state index contributed by atoms with van der Waals surface area (Å²) in [7, 11) is 0. The number of nitrogens with one attached hydrogen (secondary N) is 1. The van der Waals surface area contributed by atoms with E-state index < -0.39 is 11.9 Å². The van der Waals surface area contributed by atoms with Crippen LogP contribution in [0.3, 0.4) is 0 Å². The largest absolute Gasteiger partial charge is 0.368 e. The average Bonchev–Trinajstić information content (AvgIpc) is 2.19. The number of hydrogen-bond acceptors (Lipinski definition) is 3. The molecule has 0 radical (unpaired) electrons. The maximum Gasteiger partial charge on any atom is 0.240 e. The first-order chi connectivity index (χ1) is 7.50. The molecule has 0 aliphatic rings. The van der Waals surface area contributed by atoms with Crippen molar-refractivity contribution in [2.45, 2.75) is 19.4 Å². The highest BCUT2D eigenvalue weighted by Crippen LogP contribution is 2.14. The molecule has 0 saturated carbocycles. The minimum Gasteiger partial charge on any atom is -0.368 e.